The number of methoxy groups -OCH3 is 1. The van der Waals surface area contributed by atoms with Gasteiger partial charge >= 0.3 is 0 Å². The lowest BCUT2D eigenvalue weighted by Crippen LogP contribution is -2.49. The highest BCUT2D eigenvalue weighted by atomic mass is 16.5. The van der Waals surface area contributed by atoms with Crippen molar-refractivity contribution in [2.75, 3.05) is 71.5 Å². The van der Waals surface area contributed by atoms with Gasteiger partial charge in [-0.05, 0) is 49.2 Å². The molecule has 2 aromatic rings. The molecule has 0 unspecified atom stereocenters. The zero-order chi connectivity index (χ0) is 22.1. The second kappa shape index (κ2) is 8.81. The maximum Gasteiger partial charge on any atom is 0.241 e. The van der Waals surface area contributed by atoms with Crippen molar-refractivity contribution in [3.63, 3.8) is 0 Å². The molecule has 7 nitrogen and oxygen atoms in total. The third-order valence-electron chi connectivity index (χ3n) is 7.31. The van der Waals surface area contributed by atoms with Crippen molar-refractivity contribution in [3.05, 3.63) is 42.2 Å². The SMILES string of the molecule is COc1cncc(-c2ccc3c(c2)C2(CCOCC2)CN3C(=O)CN2CCN(C)CC2)c1. The summed E-state index contributed by atoms with van der Waals surface area (Å²) in [6.45, 7) is 6.65. The first-order valence-corrected chi connectivity index (χ1v) is 11.5. The van der Waals surface area contributed by atoms with Gasteiger partial charge in [0.05, 0.1) is 19.9 Å². The fourth-order valence-corrected chi connectivity index (χ4v) is 5.23. The van der Waals surface area contributed by atoms with Crippen LogP contribution in [-0.2, 0) is 14.9 Å². The van der Waals surface area contributed by atoms with Crippen LogP contribution in [0.1, 0.15) is 18.4 Å². The molecule has 4 heterocycles. The fraction of sp³-hybridized carbons (Fsp3) is 0.520. The van der Waals surface area contributed by atoms with Gasteiger partial charge in [0.25, 0.3) is 0 Å². The number of aromatic nitrogens is 1. The molecular weight excluding hydrogens is 404 g/mol. The monoisotopic (exact) mass is 436 g/mol. The number of pyridine rings is 1. The summed E-state index contributed by atoms with van der Waals surface area (Å²) in [6.07, 6.45) is 5.47. The minimum Gasteiger partial charge on any atom is -0.495 e. The van der Waals surface area contributed by atoms with Gasteiger partial charge in [0, 0.05) is 68.8 Å². The van der Waals surface area contributed by atoms with Crippen LogP contribution in [-0.4, -0.2) is 87.3 Å². The van der Waals surface area contributed by atoms with Gasteiger partial charge in [-0.3, -0.25) is 14.7 Å². The van der Waals surface area contributed by atoms with E-state index in [1.807, 2.05) is 17.2 Å². The molecule has 0 bridgehead atoms. The Morgan fingerprint density at radius 2 is 1.88 bits per heavy atom. The van der Waals surface area contributed by atoms with Crippen LogP contribution < -0.4 is 9.64 Å². The lowest BCUT2D eigenvalue weighted by atomic mass is 9.75. The zero-order valence-electron chi connectivity index (χ0n) is 19.0. The third kappa shape index (κ3) is 4.00. The number of likely N-dealkylation sites (N-methyl/N-ethyl adjacent to an activating group) is 1. The van der Waals surface area contributed by atoms with E-state index in [0.717, 1.165) is 81.3 Å². The molecule has 3 aliphatic heterocycles. The number of anilines is 1. The van der Waals surface area contributed by atoms with Crippen molar-refractivity contribution in [1.29, 1.82) is 0 Å². The van der Waals surface area contributed by atoms with Gasteiger partial charge in [0.15, 0.2) is 0 Å². The summed E-state index contributed by atoms with van der Waals surface area (Å²) in [6, 6.07) is 8.50. The summed E-state index contributed by atoms with van der Waals surface area (Å²) < 4.78 is 11.1. The van der Waals surface area contributed by atoms with Crippen LogP contribution in [0, 0.1) is 0 Å². The molecule has 0 radical (unpaired) electrons. The number of hydrogen-bond acceptors (Lipinski definition) is 6. The van der Waals surface area contributed by atoms with Crippen LogP contribution in [0.2, 0.25) is 0 Å². The largest absolute Gasteiger partial charge is 0.495 e. The van der Waals surface area contributed by atoms with Crippen LogP contribution in [0.15, 0.2) is 36.7 Å². The highest BCUT2D eigenvalue weighted by Gasteiger charge is 2.45. The van der Waals surface area contributed by atoms with Gasteiger partial charge in [-0.25, -0.2) is 0 Å². The number of benzene rings is 1. The Bertz CT molecular complexity index is 981. The minimum absolute atomic E-state index is 0.0341. The standard InChI is InChI=1S/C25H32N4O3/c1-27-7-9-28(10-8-27)17-24(30)29-18-25(5-11-32-12-6-25)22-14-19(3-4-23(22)29)20-13-21(31-2)16-26-15-20/h3-4,13-16H,5-12,17-18H2,1-2H3. The molecule has 1 aromatic heterocycles. The van der Waals surface area contributed by atoms with Crippen molar-refractivity contribution in [2.24, 2.45) is 0 Å². The van der Waals surface area contributed by atoms with Crippen molar-refractivity contribution < 1.29 is 14.3 Å². The molecule has 170 valence electrons. The molecule has 1 aromatic carbocycles. The molecule has 2 fully saturated rings. The number of carbonyl (C=O) groups is 1. The van der Waals surface area contributed by atoms with Gasteiger partial charge in [-0.2, -0.15) is 0 Å². The van der Waals surface area contributed by atoms with Crippen LogP contribution in [0.5, 0.6) is 5.75 Å². The Labute approximate surface area is 189 Å². The molecule has 3 aliphatic rings. The Hall–Kier alpha value is -2.48. The van der Waals surface area contributed by atoms with Crippen molar-refractivity contribution in [2.45, 2.75) is 18.3 Å². The predicted octanol–water partition coefficient (Wildman–Crippen LogP) is 2.40. The van der Waals surface area contributed by atoms with Crippen LogP contribution in [0.25, 0.3) is 11.1 Å². The molecule has 1 spiro atoms. The van der Waals surface area contributed by atoms with E-state index in [2.05, 4.69) is 40.0 Å². The van der Waals surface area contributed by atoms with Gasteiger partial charge in [0.2, 0.25) is 5.91 Å². The van der Waals surface area contributed by atoms with E-state index >= 15 is 0 Å². The van der Waals surface area contributed by atoms with Gasteiger partial charge in [-0.15, -0.1) is 0 Å². The number of fused-ring (bicyclic) bond motifs is 2. The molecule has 0 atom stereocenters. The Kier molecular flexibility index (Phi) is 5.88. The fourth-order valence-electron chi connectivity index (χ4n) is 5.23. The van der Waals surface area contributed by atoms with E-state index in [-0.39, 0.29) is 11.3 Å². The summed E-state index contributed by atoms with van der Waals surface area (Å²) in [5.74, 6) is 0.947. The summed E-state index contributed by atoms with van der Waals surface area (Å²) in [7, 11) is 3.80. The number of carbonyl (C=O) groups excluding carboxylic acids is 1. The molecule has 32 heavy (non-hydrogen) atoms. The van der Waals surface area contributed by atoms with E-state index in [0.29, 0.717) is 6.54 Å². The lowest BCUT2D eigenvalue weighted by molar-refractivity contribution is -0.120. The van der Waals surface area contributed by atoms with E-state index in [9.17, 15) is 4.79 Å². The average Bonchev–Trinajstić information content (AvgIpc) is 3.14. The normalized spacial score (nSPS) is 21.0. The van der Waals surface area contributed by atoms with Crippen LogP contribution in [0.4, 0.5) is 5.69 Å². The first-order chi connectivity index (χ1) is 15.6. The third-order valence-corrected chi connectivity index (χ3v) is 7.31. The molecular formula is C25H32N4O3. The smallest absolute Gasteiger partial charge is 0.241 e. The Morgan fingerprint density at radius 3 is 2.62 bits per heavy atom. The number of ether oxygens (including phenoxy) is 2. The number of amides is 1. The van der Waals surface area contributed by atoms with E-state index in [1.165, 1.54) is 5.56 Å². The second-order valence-corrected chi connectivity index (χ2v) is 9.30. The number of hydrogen-bond donors (Lipinski definition) is 0. The summed E-state index contributed by atoms with van der Waals surface area (Å²) in [4.78, 5) is 24.4. The maximum absolute atomic E-state index is 13.4. The van der Waals surface area contributed by atoms with Gasteiger partial charge in [-0.1, -0.05) is 6.07 Å². The van der Waals surface area contributed by atoms with E-state index < -0.39 is 0 Å². The van der Waals surface area contributed by atoms with Gasteiger partial charge < -0.3 is 19.3 Å². The molecule has 0 aliphatic carbocycles. The summed E-state index contributed by atoms with van der Waals surface area (Å²) in [5, 5.41) is 0. The van der Waals surface area contributed by atoms with Crippen molar-refractivity contribution >= 4 is 11.6 Å². The lowest BCUT2D eigenvalue weighted by Gasteiger charge is -2.35. The zero-order valence-corrected chi connectivity index (χ0v) is 19.0. The van der Waals surface area contributed by atoms with Crippen molar-refractivity contribution in [3.8, 4) is 16.9 Å². The van der Waals surface area contributed by atoms with Gasteiger partial charge in [0.1, 0.15) is 5.75 Å². The summed E-state index contributed by atoms with van der Waals surface area (Å²) >= 11 is 0. The quantitative estimate of drug-likeness (QED) is 0.734. The molecule has 1 amide bonds. The van der Waals surface area contributed by atoms with Crippen LogP contribution in [0.3, 0.4) is 0 Å². The molecule has 0 N–H and O–H groups in total. The molecule has 0 saturated carbocycles. The number of nitrogens with zero attached hydrogens (tertiary/aromatic N) is 4. The predicted molar refractivity (Wildman–Crippen MR) is 124 cm³/mol. The number of rotatable bonds is 4. The Morgan fingerprint density at radius 1 is 1.09 bits per heavy atom. The topological polar surface area (TPSA) is 58.1 Å². The first kappa shape index (κ1) is 21.4. The van der Waals surface area contributed by atoms with Crippen LogP contribution >= 0.6 is 0 Å². The van der Waals surface area contributed by atoms with E-state index in [1.54, 1.807) is 13.3 Å². The summed E-state index contributed by atoms with van der Waals surface area (Å²) in [5.41, 5.74) is 4.43. The number of piperazine rings is 1. The minimum atomic E-state index is -0.0341. The Balaban J connectivity index is 1.45. The highest BCUT2D eigenvalue weighted by molar-refractivity contribution is 5.98. The first-order valence-electron chi connectivity index (χ1n) is 11.5. The highest BCUT2D eigenvalue weighted by Crippen LogP contribution is 2.48. The second-order valence-electron chi connectivity index (χ2n) is 9.30. The maximum atomic E-state index is 13.4. The van der Waals surface area contributed by atoms with E-state index in [4.69, 9.17) is 9.47 Å². The molecule has 2 saturated heterocycles. The van der Waals surface area contributed by atoms with Crippen molar-refractivity contribution in [1.82, 2.24) is 14.8 Å². The average molecular weight is 437 g/mol. The molecule has 5 rings (SSSR count). The molecule has 7 heteroatoms.